The Morgan fingerprint density at radius 2 is 1.88 bits per heavy atom. The Bertz CT molecular complexity index is 1500. The second-order valence-electron chi connectivity index (χ2n) is 9.35. The molecular weight excluding hydrogens is 563 g/mol. The van der Waals surface area contributed by atoms with Crippen LogP contribution in [0.25, 0.3) is 0 Å². The molecule has 1 atom stereocenters. The lowest BCUT2D eigenvalue weighted by Crippen LogP contribution is -2.29. The van der Waals surface area contributed by atoms with Crippen LogP contribution in [-0.2, 0) is 29.0 Å². The van der Waals surface area contributed by atoms with Crippen LogP contribution < -0.4 is 10.6 Å². The third kappa shape index (κ3) is 6.64. The molecular formula is C30H29N3O4S3. The fourth-order valence-corrected chi connectivity index (χ4v) is 7.38. The molecule has 206 valence electrons. The summed E-state index contributed by atoms with van der Waals surface area (Å²) in [5.41, 5.74) is 3.33. The van der Waals surface area contributed by atoms with Crippen LogP contribution in [0.5, 0.6) is 0 Å². The highest BCUT2D eigenvalue weighted by molar-refractivity contribution is 8.00. The number of anilines is 2. The number of ether oxygens (including phenoxy) is 1. The number of nitrogens with zero attached hydrogens (tertiary/aromatic N) is 1. The van der Waals surface area contributed by atoms with E-state index in [-0.39, 0.29) is 11.8 Å². The van der Waals surface area contributed by atoms with E-state index >= 15 is 0 Å². The molecule has 5 rings (SSSR count). The quantitative estimate of drug-likeness (QED) is 0.170. The minimum atomic E-state index is -0.442. The van der Waals surface area contributed by atoms with E-state index in [2.05, 4.69) is 27.7 Å². The first-order valence-corrected chi connectivity index (χ1v) is 15.4. The van der Waals surface area contributed by atoms with Crippen LogP contribution in [0.2, 0.25) is 0 Å². The number of thiophene rings is 2. The zero-order valence-electron chi connectivity index (χ0n) is 22.1. The van der Waals surface area contributed by atoms with Gasteiger partial charge in [0.1, 0.15) is 5.00 Å². The topological polar surface area (TPSA) is 87.7 Å². The molecule has 0 radical (unpaired) electrons. The summed E-state index contributed by atoms with van der Waals surface area (Å²) in [4.78, 5) is 43.4. The maximum Gasteiger partial charge on any atom is 0.341 e. The first-order chi connectivity index (χ1) is 19.4. The SMILES string of the molecule is COC(=O)c1c(NC(=O)C(C)Sc2cccc(NC(=O)c3cccs3)c2)sc2c1CCN(Cc1ccccc1)C2. The van der Waals surface area contributed by atoms with E-state index in [1.54, 1.807) is 6.07 Å². The van der Waals surface area contributed by atoms with Crippen molar-refractivity contribution in [2.45, 2.75) is 36.6 Å². The number of rotatable bonds is 9. The molecule has 1 unspecified atom stereocenters. The summed E-state index contributed by atoms with van der Waals surface area (Å²) in [6, 6.07) is 21.3. The van der Waals surface area contributed by atoms with Crippen LogP contribution >= 0.6 is 34.4 Å². The third-order valence-electron chi connectivity index (χ3n) is 6.53. The predicted octanol–water partition coefficient (Wildman–Crippen LogP) is 6.53. The summed E-state index contributed by atoms with van der Waals surface area (Å²) in [5.74, 6) is -0.802. The van der Waals surface area contributed by atoms with E-state index < -0.39 is 11.2 Å². The molecule has 2 amide bonds. The monoisotopic (exact) mass is 591 g/mol. The molecule has 2 N–H and O–H groups in total. The largest absolute Gasteiger partial charge is 0.465 e. The highest BCUT2D eigenvalue weighted by Crippen LogP contribution is 2.38. The molecule has 0 fully saturated rings. The van der Waals surface area contributed by atoms with E-state index in [4.69, 9.17) is 4.74 Å². The highest BCUT2D eigenvalue weighted by atomic mass is 32.2. The molecule has 1 aliphatic heterocycles. The molecule has 1 aliphatic rings. The Hall–Kier alpha value is -3.44. The molecule has 0 aliphatic carbocycles. The molecule has 0 bridgehead atoms. The second kappa shape index (κ2) is 12.8. The second-order valence-corrected chi connectivity index (χ2v) is 12.8. The molecule has 4 aromatic rings. The summed E-state index contributed by atoms with van der Waals surface area (Å²) in [7, 11) is 1.37. The summed E-state index contributed by atoms with van der Waals surface area (Å²) in [6.45, 7) is 4.18. The average Bonchev–Trinajstić information content (AvgIpc) is 3.61. The van der Waals surface area contributed by atoms with Crippen molar-refractivity contribution in [1.82, 2.24) is 4.90 Å². The molecule has 0 saturated heterocycles. The van der Waals surface area contributed by atoms with Crippen molar-refractivity contribution >= 4 is 62.9 Å². The van der Waals surface area contributed by atoms with Gasteiger partial charge >= 0.3 is 5.97 Å². The molecule has 40 heavy (non-hydrogen) atoms. The van der Waals surface area contributed by atoms with Crippen molar-refractivity contribution < 1.29 is 19.1 Å². The van der Waals surface area contributed by atoms with Gasteiger partial charge in [0, 0.05) is 35.1 Å². The van der Waals surface area contributed by atoms with E-state index in [1.165, 1.54) is 47.1 Å². The van der Waals surface area contributed by atoms with Crippen molar-refractivity contribution in [2.24, 2.45) is 0 Å². The van der Waals surface area contributed by atoms with Gasteiger partial charge in [-0.2, -0.15) is 0 Å². The Kier molecular flexibility index (Phi) is 9.01. The van der Waals surface area contributed by atoms with E-state index in [1.807, 2.05) is 60.8 Å². The number of methoxy groups -OCH3 is 1. The Morgan fingerprint density at radius 1 is 1.05 bits per heavy atom. The smallest absolute Gasteiger partial charge is 0.341 e. The average molecular weight is 592 g/mol. The molecule has 2 aromatic carbocycles. The number of thioether (sulfide) groups is 1. The molecule has 0 saturated carbocycles. The minimum Gasteiger partial charge on any atom is -0.465 e. The fourth-order valence-electron chi connectivity index (χ4n) is 4.56. The van der Waals surface area contributed by atoms with Crippen LogP contribution in [0.4, 0.5) is 10.7 Å². The van der Waals surface area contributed by atoms with Crippen LogP contribution in [0.1, 0.15) is 43.0 Å². The highest BCUT2D eigenvalue weighted by Gasteiger charge is 2.30. The van der Waals surface area contributed by atoms with Gasteiger partial charge in [0.05, 0.1) is 22.8 Å². The number of amides is 2. The number of benzene rings is 2. The van der Waals surface area contributed by atoms with E-state index in [9.17, 15) is 14.4 Å². The normalized spacial score (nSPS) is 13.8. The van der Waals surface area contributed by atoms with Crippen LogP contribution in [-0.4, -0.2) is 41.6 Å². The van der Waals surface area contributed by atoms with Gasteiger partial charge < -0.3 is 15.4 Å². The van der Waals surface area contributed by atoms with Gasteiger partial charge in [-0.25, -0.2) is 4.79 Å². The van der Waals surface area contributed by atoms with Crippen molar-refractivity contribution in [1.29, 1.82) is 0 Å². The van der Waals surface area contributed by atoms with Crippen LogP contribution in [0.3, 0.4) is 0 Å². The summed E-state index contributed by atoms with van der Waals surface area (Å²) in [5, 5.41) is 7.86. The Morgan fingerprint density at radius 3 is 2.62 bits per heavy atom. The number of hydrogen-bond donors (Lipinski definition) is 2. The fraction of sp³-hybridized carbons (Fsp3) is 0.233. The minimum absolute atomic E-state index is 0.165. The van der Waals surface area contributed by atoms with Crippen LogP contribution in [0, 0.1) is 0 Å². The lowest BCUT2D eigenvalue weighted by Gasteiger charge is -2.27. The van der Waals surface area contributed by atoms with Gasteiger partial charge in [-0.15, -0.1) is 34.4 Å². The van der Waals surface area contributed by atoms with Gasteiger partial charge in [0.25, 0.3) is 5.91 Å². The Labute approximate surface area is 245 Å². The summed E-state index contributed by atoms with van der Waals surface area (Å²) >= 11 is 4.22. The summed E-state index contributed by atoms with van der Waals surface area (Å²) < 4.78 is 5.10. The number of esters is 1. The number of carbonyl (C=O) groups is 3. The molecule has 7 nitrogen and oxygen atoms in total. The van der Waals surface area contributed by atoms with Crippen molar-refractivity contribution in [2.75, 3.05) is 24.3 Å². The van der Waals surface area contributed by atoms with Gasteiger partial charge in [-0.1, -0.05) is 42.5 Å². The van der Waals surface area contributed by atoms with Crippen molar-refractivity contribution in [3.05, 3.63) is 98.6 Å². The van der Waals surface area contributed by atoms with Gasteiger partial charge in [-0.05, 0) is 54.1 Å². The lowest BCUT2D eigenvalue weighted by molar-refractivity contribution is -0.115. The zero-order valence-corrected chi connectivity index (χ0v) is 24.6. The number of hydrogen-bond acceptors (Lipinski definition) is 8. The third-order valence-corrected chi connectivity index (χ3v) is 9.62. The lowest BCUT2D eigenvalue weighted by atomic mass is 10.0. The Balaban J connectivity index is 1.26. The van der Waals surface area contributed by atoms with Gasteiger partial charge in [0.2, 0.25) is 5.91 Å². The first kappa shape index (κ1) is 28.1. The van der Waals surface area contributed by atoms with Gasteiger partial charge in [0.15, 0.2) is 0 Å². The molecule has 2 aromatic heterocycles. The number of nitrogens with one attached hydrogen (secondary N) is 2. The molecule has 3 heterocycles. The van der Waals surface area contributed by atoms with E-state index in [0.29, 0.717) is 34.1 Å². The van der Waals surface area contributed by atoms with E-state index in [0.717, 1.165) is 28.4 Å². The van der Waals surface area contributed by atoms with Crippen molar-refractivity contribution in [3.63, 3.8) is 0 Å². The van der Waals surface area contributed by atoms with Crippen LogP contribution in [0.15, 0.2) is 77.0 Å². The maximum absolute atomic E-state index is 13.3. The van der Waals surface area contributed by atoms with Crippen molar-refractivity contribution in [3.8, 4) is 0 Å². The maximum atomic E-state index is 13.3. The predicted molar refractivity (Wildman–Crippen MR) is 163 cm³/mol. The standard InChI is InChI=1S/C30H29N3O4S3/c1-19(39-22-11-6-10-21(16-22)31-28(35)24-12-7-15-38-24)27(34)32-29-26(30(36)37-2)23-13-14-33(18-25(23)40-29)17-20-8-4-3-5-9-20/h3-12,15-16,19H,13-14,17-18H2,1-2H3,(H,31,35)(H,32,34). The number of carbonyl (C=O) groups excluding carboxylic acids is 3. The first-order valence-electron chi connectivity index (χ1n) is 12.8. The zero-order chi connectivity index (χ0) is 28.1. The molecule has 0 spiro atoms. The summed E-state index contributed by atoms with van der Waals surface area (Å²) in [6.07, 6.45) is 0.716. The number of fused-ring (bicyclic) bond motifs is 1. The molecule has 10 heteroatoms. The van der Waals surface area contributed by atoms with Gasteiger partial charge in [-0.3, -0.25) is 14.5 Å².